The Balaban J connectivity index is 2.52. The summed E-state index contributed by atoms with van der Waals surface area (Å²) in [5.41, 5.74) is 0.0426. The predicted octanol–water partition coefficient (Wildman–Crippen LogP) is 0.863. The largest absolute Gasteiger partial charge is 0.383 e. The first-order chi connectivity index (χ1) is 7.76. The van der Waals surface area contributed by atoms with Gasteiger partial charge in [-0.2, -0.15) is 0 Å². The Morgan fingerprint density at radius 3 is 2.69 bits per heavy atom. The Morgan fingerprint density at radius 1 is 1.44 bits per heavy atom. The van der Waals surface area contributed by atoms with E-state index in [1.165, 1.54) is 0 Å². The predicted molar refractivity (Wildman–Crippen MR) is 64.7 cm³/mol. The highest BCUT2D eigenvalue weighted by atomic mass is 16.5. The zero-order valence-electron chi connectivity index (χ0n) is 9.98. The van der Waals surface area contributed by atoms with Crippen LogP contribution in [0.2, 0.25) is 0 Å². The number of ether oxygens (including phenoxy) is 1. The number of methoxy groups -OCH3 is 1. The summed E-state index contributed by atoms with van der Waals surface area (Å²) in [7, 11) is 1.70. The minimum absolute atomic E-state index is 0.0426. The van der Waals surface area contributed by atoms with Crippen LogP contribution in [0, 0.1) is 0 Å². The number of nitrogens with zero attached hydrogens (tertiary/aromatic N) is 1. The molecule has 0 aliphatic heterocycles. The van der Waals surface area contributed by atoms with Gasteiger partial charge in [-0.1, -0.05) is 6.92 Å². The summed E-state index contributed by atoms with van der Waals surface area (Å²) in [4.78, 5) is 11.0. The fourth-order valence-corrected chi connectivity index (χ4v) is 1.55. The van der Waals surface area contributed by atoms with Crippen molar-refractivity contribution in [2.75, 3.05) is 20.3 Å². The van der Waals surface area contributed by atoms with Crippen LogP contribution in [-0.2, 0) is 11.3 Å². The van der Waals surface area contributed by atoms with Crippen LogP contribution in [0.25, 0.3) is 0 Å². The Morgan fingerprint density at radius 2 is 2.12 bits per heavy atom. The second kappa shape index (κ2) is 7.19. The minimum Gasteiger partial charge on any atom is -0.383 e. The van der Waals surface area contributed by atoms with Crippen molar-refractivity contribution in [2.45, 2.75) is 25.9 Å². The van der Waals surface area contributed by atoms with Gasteiger partial charge in [0.2, 0.25) is 0 Å². The molecule has 0 aliphatic carbocycles. The van der Waals surface area contributed by atoms with Gasteiger partial charge >= 0.3 is 0 Å². The standard InChI is InChI=1S/C12H20N2O2/c1-3-6-13-11(10-16-2)9-14-7-4-12(15)5-8-14/h4-5,7-8,11,13H,3,6,9-10H2,1-2H3. The van der Waals surface area contributed by atoms with Crippen LogP contribution in [0.15, 0.2) is 29.3 Å². The number of pyridine rings is 1. The van der Waals surface area contributed by atoms with E-state index < -0.39 is 0 Å². The number of rotatable bonds is 7. The molecule has 1 heterocycles. The minimum atomic E-state index is 0.0426. The zero-order valence-corrected chi connectivity index (χ0v) is 9.98. The molecule has 0 fully saturated rings. The van der Waals surface area contributed by atoms with Crippen molar-refractivity contribution in [3.63, 3.8) is 0 Å². The molecule has 4 heteroatoms. The molecule has 1 N–H and O–H groups in total. The van der Waals surface area contributed by atoms with E-state index in [1.54, 1.807) is 31.6 Å². The molecule has 0 radical (unpaired) electrons. The van der Waals surface area contributed by atoms with Crippen LogP contribution in [0.4, 0.5) is 0 Å². The van der Waals surface area contributed by atoms with Gasteiger partial charge in [0.05, 0.1) is 6.61 Å². The number of aromatic nitrogens is 1. The van der Waals surface area contributed by atoms with E-state index in [2.05, 4.69) is 12.2 Å². The molecule has 1 aromatic rings. The van der Waals surface area contributed by atoms with Crippen molar-refractivity contribution in [3.8, 4) is 0 Å². The summed E-state index contributed by atoms with van der Waals surface area (Å²) in [6, 6.07) is 3.43. The van der Waals surface area contributed by atoms with Crippen LogP contribution in [0.3, 0.4) is 0 Å². The van der Waals surface area contributed by atoms with Gasteiger partial charge in [0.15, 0.2) is 5.43 Å². The maximum atomic E-state index is 11.0. The lowest BCUT2D eigenvalue weighted by molar-refractivity contribution is 0.158. The molecule has 16 heavy (non-hydrogen) atoms. The summed E-state index contributed by atoms with van der Waals surface area (Å²) in [6.45, 7) is 4.60. The van der Waals surface area contributed by atoms with E-state index in [4.69, 9.17) is 4.74 Å². The molecular formula is C12H20N2O2. The van der Waals surface area contributed by atoms with Crippen LogP contribution in [0.1, 0.15) is 13.3 Å². The first-order valence-electron chi connectivity index (χ1n) is 5.64. The van der Waals surface area contributed by atoms with Gasteiger partial charge in [0.1, 0.15) is 0 Å². The molecule has 0 aromatic carbocycles. The van der Waals surface area contributed by atoms with E-state index in [0.717, 1.165) is 19.5 Å². The molecule has 0 bridgehead atoms. The third kappa shape index (κ3) is 4.59. The van der Waals surface area contributed by atoms with E-state index in [1.807, 2.05) is 4.57 Å². The van der Waals surface area contributed by atoms with Gasteiger partial charge < -0.3 is 14.6 Å². The normalized spacial score (nSPS) is 12.6. The quantitative estimate of drug-likeness (QED) is 0.747. The maximum absolute atomic E-state index is 11.0. The molecule has 0 aliphatic rings. The molecule has 1 unspecified atom stereocenters. The molecule has 4 nitrogen and oxygen atoms in total. The number of hydrogen-bond acceptors (Lipinski definition) is 3. The summed E-state index contributed by atoms with van der Waals surface area (Å²) in [5.74, 6) is 0. The van der Waals surface area contributed by atoms with Crippen LogP contribution < -0.4 is 10.7 Å². The topological polar surface area (TPSA) is 43.3 Å². The molecule has 1 aromatic heterocycles. The van der Waals surface area contributed by atoms with Gasteiger partial charge in [-0.3, -0.25) is 4.79 Å². The molecule has 0 saturated heterocycles. The number of nitrogens with one attached hydrogen (secondary N) is 1. The van der Waals surface area contributed by atoms with E-state index in [9.17, 15) is 4.79 Å². The van der Waals surface area contributed by atoms with E-state index in [0.29, 0.717) is 6.61 Å². The zero-order chi connectivity index (χ0) is 11.8. The van der Waals surface area contributed by atoms with Crippen LogP contribution >= 0.6 is 0 Å². The van der Waals surface area contributed by atoms with Crippen LogP contribution in [-0.4, -0.2) is 30.9 Å². The van der Waals surface area contributed by atoms with Crippen molar-refractivity contribution < 1.29 is 4.74 Å². The van der Waals surface area contributed by atoms with Crippen molar-refractivity contribution in [3.05, 3.63) is 34.7 Å². The van der Waals surface area contributed by atoms with Crippen molar-refractivity contribution >= 4 is 0 Å². The van der Waals surface area contributed by atoms with E-state index >= 15 is 0 Å². The Bertz CT molecular complexity index is 329. The van der Waals surface area contributed by atoms with Crippen molar-refractivity contribution in [1.82, 2.24) is 9.88 Å². The molecule has 0 spiro atoms. The fourth-order valence-electron chi connectivity index (χ4n) is 1.55. The van der Waals surface area contributed by atoms with Gasteiger partial charge in [-0.05, 0) is 13.0 Å². The second-order valence-corrected chi connectivity index (χ2v) is 3.84. The SMILES string of the molecule is CCCNC(COC)Cn1ccc(=O)cc1. The lowest BCUT2D eigenvalue weighted by Crippen LogP contribution is -2.37. The van der Waals surface area contributed by atoms with E-state index in [-0.39, 0.29) is 11.5 Å². The Hall–Kier alpha value is -1.13. The first-order valence-corrected chi connectivity index (χ1v) is 5.64. The highest BCUT2D eigenvalue weighted by Crippen LogP contribution is 1.93. The van der Waals surface area contributed by atoms with Gasteiger partial charge in [0, 0.05) is 44.2 Å². The summed E-state index contributed by atoms with van der Waals surface area (Å²) in [5, 5.41) is 3.41. The highest BCUT2D eigenvalue weighted by molar-refractivity contribution is 4.94. The Kier molecular flexibility index (Phi) is 5.82. The fraction of sp³-hybridized carbons (Fsp3) is 0.583. The highest BCUT2D eigenvalue weighted by Gasteiger charge is 2.06. The average molecular weight is 224 g/mol. The van der Waals surface area contributed by atoms with Gasteiger partial charge in [-0.15, -0.1) is 0 Å². The molecule has 1 rings (SSSR count). The molecule has 0 saturated carbocycles. The Labute approximate surface area is 96.2 Å². The van der Waals surface area contributed by atoms with Gasteiger partial charge in [0.25, 0.3) is 0 Å². The lowest BCUT2D eigenvalue weighted by atomic mass is 10.3. The third-order valence-corrected chi connectivity index (χ3v) is 2.34. The summed E-state index contributed by atoms with van der Waals surface area (Å²) >= 11 is 0. The molecule has 1 atom stereocenters. The summed E-state index contributed by atoms with van der Waals surface area (Å²) in [6.07, 6.45) is 4.71. The second-order valence-electron chi connectivity index (χ2n) is 3.84. The van der Waals surface area contributed by atoms with Gasteiger partial charge in [-0.25, -0.2) is 0 Å². The average Bonchev–Trinajstić information content (AvgIpc) is 2.29. The number of hydrogen-bond donors (Lipinski definition) is 1. The smallest absolute Gasteiger partial charge is 0.181 e. The van der Waals surface area contributed by atoms with Crippen molar-refractivity contribution in [1.29, 1.82) is 0 Å². The summed E-state index contributed by atoms with van der Waals surface area (Å²) < 4.78 is 7.15. The van der Waals surface area contributed by atoms with Crippen molar-refractivity contribution in [2.24, 2.45) is 0 Å². The van der Waals surface area contributed by atoms with Crippen LogP contribution in [0.5, 0.6) is 0 Å². The molecule has 0 amide bonds. The maximum Gasteiger partial charge on any atom is 0.181 e. The molecular weight excluding hydrogens is 204 g/mol. The third-order valence-electron chi connectivity index (χ3n) is 2.34. The monoisotopic (exact) mass is 224 g/mol. The molecule has 90 valence electrons. The first kappa shape index (κ1) is 12.9. The lowest BCUT2D eigenvalue weighted by Gasteiger charge is -2.19.